The molecule has 106 valence electrons. The number of amides is 1. The number of piperidine rings is 1. The molecule has 1 aromatic carbocycles. The Morgan fingerprint density at radius 2 is 2.21 bits per heavy atom. The maximum atomic E-state index is 12.4. The summed E-state index contributed by atoms with van der Waals surface area (Å²) in [5.74, 6) is 0.351. The fraction of sp³-hybridized carbons (Fsp3) is 0.462. The van der Waals surface area contributed by atoms with Crippen molar-refractivity contribution in [2.24, 2.45) is 11.7 Å². The molecule has 1 saturated heterocycles. The summed E-state index contributed by atoms with van der Waals surface area (Å²) in [6.07, 6.45) is 0.852. The molecule has 0 spiro atoms. The van der Waals surface area contributed by atoms with E-state index in [1.165, 1.54) is 0 Å². The third-order valence-electron chi connectivity index (χ3n) is 3.42. The first-order valence-electron chi connectivity index (χ1n) is 5.99. The number of nitrogens with two attached hydrogens (primary N) is 1. The van der Waals surface area contributed by atoms with Gasteiger partial charge in [0.1, 0.15) is 0 Å². The van der Waals surface area contributed by atoms with Crippen LogP contribution in [0.5, 0.6) is 0 Å². The average molecular weight is 368 g/mol. The second kappa shape index (κ2) is 6.93. The molecule has 0 saturated carbocycles. The van der Waals surface area contributed by atoms with Gasteiger partial charge in [-0.15, -0.1) is 12.4 Å². The predicted molar refractivity (Wildman–Crippen MR) is 84.1 cm³/mol. The first-order valence-corrected chi connectivity index (χ1v) is 7.16. The third-order valence-corrected chi connectivity index (χ3v) is 4.34. The van der Waals surface area contributed by atoms with Crippen molar-refractivity contribution in [3.8, 4) is 0 Å². The van der Waals surface area contributed by atoms with Crippen LogP contribution in [0.4, 0.5) is 0 Å². The lowest BCUT2D eigenvalue weighted by molar-refractivity contribution is 0.0663. The molecular formula is C13H17BrCl2N2O. The smallest absolute Gasteiger partial charge is 0.255 e. The molecule has 2 unspecified atom stereocenters. The van der Waals surface area contributed by atoms with E-state index in [1.807, 2.05) is 4.90 Å². The zero-order chi connectivity index (χ0) is 13.3. The quantitative estimate of drug-likeness (QED) is 0.827. The summed E-state index contributed by atoms with van der Waals surface area (Å²) in [4.78, 5) is 14.3. The van der Waals surface area contributed by atoms with Gasteiger partial charge in [0, 0.05) is 28.6 Å². The van der Waals surface area contributed by atoms with Crippen LogP contribution in [0.2, 0.25) is 5.02 Å². The van der Waals surface area contributed by atoms with Crippen molar-refractivity contribution in [2.75, 3.05) is 13.1 Å². The Balaban J connectivity index is 0.00000180. The highest BCUT2D eigenvalue weighted by Gasteiger charge is 2.27. The van der Waals surface area contributed by atoms with E-state index < -0.39 is 0 Å². The van der Waals surface area contributed by atoms with Crippen molar-refractivity contribution in [3.63, 3.8) is 0 Å². The lowest BCUT2D eigenvalue weighted by Crippen LogP contribution is -2.48. The maximum absolute atomic E-state index is 12.4. The molecule has 0 radical (unpaired) electrons. The Hall–Kier alpha value is -0.290. The highest BCUT2D eigenvalue weighted by Crippen LogP contribution is 2.24. The summed E-state index contributed by atoms with van der Waals surface area (Å²) in [7, 11) is 0. The standard InChI is InChI=1S/C13H16BrClN2O.ClH/c1-8-7-17(5-4-12(8)16)13(18)10-6-9(15)2-3-11(10)14;/h2-3,6,8,12H,4-5,7,16H2,1H3;1H. The summed E-state index contributed by atoms with van der Waals surface area (Å²) < 4.78 is 0.777. The van der Waals surface area contributed by atoms with E-state index >= 15 is 0 Å². The van der Waals surface area contributed by atoms with Gasteiger partial charge in [-0.05, 0) is 46.5 Å². The zero-order valence-corrected chi connectivity index (χ0v) is 13.8. The second-order valence-corrected chi connectivity index (χ2v) is 6.10. The van der Waals surface area contributed by atoms with Crippen LogP contribution in [-0.4, -0.2) is 29.9 Å². The van der Waals surface area contributed by atoms with E-state index in [0.29, 0.717) is 29.6 Å². The van der Waals surface area contributed by atoms with Crippen LogP contribution in [0, 0.1) is 5.92 Å². The van der Waals surface area contributed by atoms with Crippen LogP contribution in [0.3, 0.4) is 0 Å². The minimum absolute atomic E-state index is 0. The van der Waals surface area contributed by atoms with Crippen LogP contribution in [0.15, 0.2) is 22.7 Å². The number of benzene rings is 1. The van der Waals surface area contributed by atoms with Crippen molar-refractivity contribution in [3.05, 3.63) is 33.3 Å². The fourth-order valence-corrected chi connectivity index (χ4v) is 2.77. The van der Waals surface area contributed by atoms with Gasteiger partial charge in [-0.2, -0.15) is 0 Å². The maximum Gasteiger partial charge on any atom is 0.255 e. The molecule has 2 rings (SSSR count). The summed E-state index contributed by atoms with van der Waals surface area (Å²) in [5, 5.41) is 0.573. The molecule has 1 aliphatic rings. The van der Waals surface area contributed by atoms with Crippen molar-refractivity contribution in [1.29, 1.82) is 0 Å². The predicted octanol–water partition coefficient (Wildman–Crippen LogP) is 3.33. The average Bonchev–Trinajstić information content (AvgIpc) is 2.35. The van der Waals surface area contributed by atoms with Gasteiger partial charge in [-0.1, -0.05) is 18.5 Å². The van der Waals surface area contributed by atoms with E-state index in [1.54, 1.807) is 18.2 Å². The van der Waals surface area contributed by atoms with Crippen molar-refractivity contribution >= 4 is 45.8 Å². The largest absolute Gasteiger partial charge is 0.338 e. The lowest BCUT2D eigenvalue weighted by Gasteiger charge is -2.35. The Bertz CT molecular complexity index is 470. The van der Waals surface area contributed by atoms with E-state index in [-0.39, 0.29) is 24.4 Å². The lowest BCUT2D eigenvalue weighted by atomic mass is 9.94. The summed E-state index contributed by atoms with van der Waals surface area (Å²) >= 11 is 9.33. The Labute approximate surface area is 133 Å². The number of likely N-dealkylation sites (tertiary alicyclic amines) is 1. The van der Waals surface area contributed by atoms with Crippen LogP contribution < -0.4 is 5.73 Å². The van der Waals surface area contributed by atoms with E-state index in [0.717, 1.165) is 10.9 Å². The summed E-state index contributed by atoms with van der Waals surface area (Å²) in [6.45, 7) is 3.50. The molecule has 6 heteroatoms. The number of hydrogen-bond donors (Lipinski definition) is 1. The molecule has 0 aromatic heterocycles. The number of carbonyl (C=O) groups excluding carboxylic acids is 1. The molecule has 2 N–H and O–H groups in total. The van der Waals surface area contributed by atoms with Gasteiger partial charge in [-0.3, -0.25) is 4.79 Å². The minimum Gasteiger partial charge on any atom is -0.338 e. The van der Waals surface area contributed by atoms with Gasteiger partial charge < -0.3 is 10.6 Å². The van der Waals surface area contributed by atoms with Gasteiger partial charge in [-0.25, -0.2) is 0 Å². The van der Waals surface area contributed by atoms with E-state index in [9.17, 15) is 4.79 Å². The second-order valence-electron chi connectivity index (χ2n) is 4.81. The summed E-state index contributed by atoms with van der Waals surface area (Å²) in [6, 6.07) is 5.45. The van der Waals surface area contributed by atoms with E-state index in [4.69, 9.17) is 17.3 Å². The number of halogens is 3. The van der Waals surface area contributed by atoms with Crippen molar-refractivity contribution < 1.29 is 4.79 Å². The molecule has 1 heterocycles. The summed E-state index contributed by atoms with van der Waals surface area (Å²) in [5.41, 5.74) is 6.58. The van der Waals surface area contributed by atoms with Crippen molar-refractivity contribution in [2.45, 2.75) is 19.4 Å². The number of carbonyl (C=O) groups is 1. The Kier molecular flexibility index (Phi) is 6.12. The third kappa shape index (κ3) is 3.85. The number of rotatable bonds is 1. The van der Waals surface area contributed by atoms with E-state index in [2.05, 4.69) is 22.9 Å². The van der Waals surface area contributed by atoms with Gasteiger partial charge in [0.05, 0.1) is 5.56 Å². The van der Waals surface area contributed by atoms with Gasteiger partial charge in [0.25, 0.3) is 5.91 Å². The molecule has 1 aromatic rings. The molecular weight excluding hydrogens is 351 g/mol. The highest BCUT2D eigenvalue weighted by atomic mass is 79.9. The van der Waals surface area contributed by atoms with Gasteiger partial charge >= 0.3 is 0 Å². The van der Waals surface area contributed by atoms with Crippen LogP contribution in [0.25, 0.3) is 0 Å². The Morgan fingerprint density at radius 1 is 1.53 bits per heavy atom. The SMILES string of the molecule is CC1CN(C(=O)c2cc(Cl)ccc2Br)CCC1N.Cl. The van der Waals surface area contributed by atoms with Crippen LogP contribution >= 0.6 is 39.9 Å². The van der Waals surface area contributed by atoms with Crippen molar-refractivity contribution in [1.82, 2.24) is 4.90 Å². The highest BCUT2D eigenvalue weighted by molar-refractivity contribution is 9.10. The topological polar surface area (TPSA) is 46.3 Å². The molecule has 19 heavy (non-hydrogen) atoms. The first kappa shape index (κ1) is 16.8. The Morgan fingerprint density at radius 3 is 2.84 bits per heavy atom. The van der Waals surface area contributed by atoms with Crippen LogP contribution in [0.1, 0.15) is 23.7 Å². The molecule has 0 aliphatic carbocycles. The normalized spacial score (nSPS) is 22.8. The molecule has 1 aliphatic heterocycles. The first-order chi connectivity index (χ1) is 8.49. The molecule has 2 atom stereocenters. The fourth-order valence-electron chi connectivity index (χ4n) is 2.18. The monoisotopic (exact) mass is 366 g/mol. The molecule has 1 amide bonds. The molecule has 0 bridgehead atoms. The molecule has 1 fully saturated rings. The number of nitrogens with zero attached hydrogens (tertiary/aromatic N) is 1. The number of hydrogen-bond acceptors (Lipinski definition) is 2. The minimum atomic E-state index is 0. The zero-order valence-electron chi connectivity index (χ0n) is 10.6. The van der Waals surface area contributed by atoms with Gasteiger partial charge in [0.2, 0.25) is 0 Å². The van der Waals surface area contributed by atoms with Crippen LogP contribution in [-0.2, 0) is 0 Å². The van der Waals surface area contributed by atoms with Gasteiger partial charge in [0.15, 0.2) is 0 Å². The molecule has 3 nitrogen and oxygen atoms in total.